The molecule has 0 atom stereocenters. The molecule has 7 nitrogen and oxygen atoms in total. The van der Waals surface area contributed by atoms with Gasteiger partial charge in [-0.05, 0) is 54.4 Å². The Labute approximate surface area is 164 Å². The second-order valence-electron chi connectivity index (χ2n) is 6.90. The van der Waals surface area contributed by atoms with E-state index >= 15 is 0 Å². The first kappa shape index (κ1) is 18.6. The Morgan fingerprint density at radius 3 is 2.32 bits per heavy atom. The molecule has 0 bridgehead atoms. The summed E-state index contributed by atoms with van der Waals surface area (Å²) in [5.41, 5.74) is 2.91. The highest BCUT2D eigenvalue weighted by Crippen LogP contribution is 2.23. The molecule has 8 heteroatoms. The molecule has 2 aromatic carbocycles. The summed E-state index contributed by atoms with van der Waals surface area (Å²) in [6, 6.07) is 14.8. The van der Waals surface area contributed by atoms with Gasteiger partial charge in [0.1, 0.15) is 0 Å². The number of nitrogens with zero attached hydrogens (tertiary/aromatic N) is 4. The predicted molar refractivity (Wildman–Crippen MR) is 107 cm³/mol. The van der Waals surface area contributed by atoms with Crippen LogP contribution in [-0.4, -0.2) is 49.0 Å². The summed E-state index contributed by atoms with van der Waals surface area (Å²) in [4.78, 5) is 6.74. The van der Waals surface area contributed by atoms with Crippen LogP contribution in [0.4, 0.5) is 5.95 Å². The Morgan fingerprint density at radius 1 is 0.929 bits per heavy atom. The molecule has 1 aromatic heterocycles. The molecule has 0 spiro atoms. The van der Waals surface area contributed by atoms with E-state index in [0.29, 0.717) is 42.9 Å². The second kappa shape index (κ2) is 7.37. The molecule has 1 aliphatic heterocycles. The number of hydrogen-bond donors (Lipinski definition) is 0. The molecule has 0 amide bonds. The van der Waals surface area contributed by atoms with Gasteiger partial charge in [-0.25, -0.2) is 8.42 Å². The van der Waals surface area contributed by atoms with Crippen molar-refractivity contribution in [3.05, 3.63) is 59.7 Å². The van der Waals surface area contributed by atoms with Gasteiger partial charge in [0.2, 0.25) is 10.0 Å². The second-order valence-corrected chi connectivity index (χ2v) is 8.84. The summed E-state index contributed by atoms with van der Waals surface area (Å²) in [5.74, 6) is 0.947. The number of sulfonamides is 1. The summed E-state index contributed by atoms with van der Waals surface area (Å²) < 4.78 is 32.8. The average Bonchev–Trinajstić information content (AvgIpc) is 3.21. The number of piperazine rings is 1. The van der Waals surface area contributed by atoms with Gasteiger partial charge in [0, 0.05) is 31.7 Å². The molecule has 4 rings (SSSR count). The Hall–Kier alpha value is -2.71. The molecule has 28 heavy (non-hydrogen) atoms. The van der Waals surface area contributed by atoms with E-state index in [9.17, 15) is 8.42 Å². The van der Waals surface area contributed by atoms with E-state index in [1.54, 1.807) is 12.1 Å². The molecule has 0 saturated carbocycles. The van der Waals surface area contributed by atoms with Gasteiger partial charge in [-0.3, -0.25) is 0 Å². The zero-order chi connectivity index (χ0) is 19.7. The number of rotatable bonds is 4. The minimum Gasteiger partial charge on any atom is -0.336 e. The van der Waals surface area contributed by atoms with E-state index in [4.69, 9.17) is 4.52 Å². The van der Waals surface area contributed by atoms with Gasteiger partial charge in [0.15, 0.2) is 0 Å². The van der Waals surface area contributed by atoms with Gasteiger partial charge in [0.25, 0.3) is 11.8 Å². The van der Waals surface area contributed by atoms with Crippen LogP contribution < -0.4 is 4.90 Å². The molecule has 0 radical (unpaired) electrons. The van der Waals surface area contributed by atoms with Crippen molar-refractivity contribution in [3.63, 3.8) is 0 Å². The maximum absolute atomic E-state index is 12.9. The summed E-state index contributed by atoms with van der Waals surface area (Å²) in [7, 11) is -3.50. The molecule has 1 fully saturated rings. The third kappa shape index (κ3) is 3.53. The largest absolute Gasteiger partial charge is 0.336 e. The molecule has 3 aromatic rings. The molecule has 1 aliphatic rings. The fourth-order valence-electron chi connectivity index (χ4n) is 3.19. The Morgan fingerprint density at radius 2 is 1.64 bits per heavy atom. The topological polar surface area (TPSA) is 79.5 Å². The van der Waals surface area contributed by atoms with Gasteiger partial charge in [-0.2, -0.15) is 9.29 Å². The van der Waals surface area contributed by atoms with Crippen molar-refractivity contribution in [2.75, 3.05) is 31.1 Å². The standard InChI is InChI=1S/C20H22N4O3S/c1-15-8-9-18(14-16(15)2)28(25,26)24-12-10-23(11-13-24)20-21-19(27-22-20)17-6-4-3-5-7-17/h3-9,14H,10-13H2,1-2H3. The number of hydrogen-bond acceptors (Lipinski definition) is 6. The molecule has 0 aliphatic carbocycles. The fourth-order valence-corrected chi connectivity index (χ4v) is 4.70. The van der Waals surface area contributed by atoms with Crippen molar-refractivity contribution in [2.24, 2.45) is 0 Å². The van der Waals surface area contributed by atoms with Crippen LogP contribution in [0.2, 0.25) is 0 Å². The number of aromatic nitrogens is 2. The summed E-state index contributed by atoms with van der Waals surface area (Å²) in [6.07, 6.45) is 0. The summed E-state index contributed by atoms with van der Waals surface area (Å²) in [5, 5.41) is 4.05. The quantitative estimate of drug-likeness (QED) is 0.672. The van der Waals surface area contributed by atoms with Crippen LogP contribution in [0.1, 0.15) is 11.1 Å². The number of benzene rings is 2. The zero-order valence-electron chi connectivity index (χ0n) is 15.9. The lowest BCUT2D eigenvalue weighted by atomic mass is 10.1. The van der Waals surface area contributed by atoms with Gasteiger partial charge in [0.05, 0.1) is 4.90 Å². The average molecular weight is 398 g/mol. The Bertz CT molecular complexity index is 1070. The maximum Gasteiger partial charge on any atom is 0.266 e. The van der Waals surface area contributed by atoms with Crippen molar-refractivity contribution >= 4 is 16.0 Å². The molecule has 2 heterocycles. The van der Waals surface area contributed by atoms with Crippen LogP contribution in [0.25, 0.3) is 11.5 Å². The van der Waals surface area contributed by atoms with Crippen LogP contribution in [0.3, 0.4) is 0 Å². The number of aryl methyl sites for hydroxylation is 2. The summed E-state index contributed by atoms with van der Waals surface area (Å²) >= 11 is 0. The monoisotopic (exact) mass is 398 g/mol. The van der Waals surface area contributed by atoms with E-state index < -0.39 is 10.0 Å². The third-order valence-electron chi connectivity index (χ3n) is 5.07. The maximum atomic E-state index is 12.9. The highest BCUT2D eigenvalue weighted by atomic mass is 32.2. The summed E-state index contributed by atoms with van der Waals surface area (Å²) in [6.45, 7) is 5.68. The van der Waals surface area contributed by atoms with Crippen LogP contribution >= 0.6 is 0 Å². The zero-order valence-corrected chi connectivity index (χ0v) is 16.7. The third-order valence-corrected chi connectivity index (χ3v) is 6.97. The number of anilines is 1. The molecular weight excluding hydrogens is 376 g/mol. The molecule has 146 valence electrons. The van der Waals surface area contributed by atoms with Crippen LogP contribution in [0, 0.1) is 13.8 Å². The molecule has 0 unspecified atom stereocenters. The minimum atomic E-state index is -3.50. The highest BCUT2D eigenvalue weighted by Gasteiger charge is 2.30. The van der Waals surface area contributed by atoms with Gasteiger partial charge < -0.3 is 9.42 Å². The van der Waals surface area contributed by atoms with E-state index in [-0.39, 0.29) is 0 Å². The van der Waals surface area contributed by atoms with Gasteiger partial charge in [-0.15, -0.1) is 0 Å². The molecule has 0 N–H and O–H groups in total. The van der Waals surface area contributed by atoms with Gasteiger partial charge >= 0.3 is 0 Å². The lowest BCUT2D eigenvalue weighted by molar-refractivity contribution is 0.377. The van der Waals surface area contributed by atoms with E-state index in [0.717, 1.165) is 16.7 Å². The first-order valence-corrected chi connectivity index (χ1v) is 10.6. The fraction of sp³-hybridized carbons (Fsp3) is 0.300. The van der Waals surface area contributed by atoms with Crippen molar-refractivity contribution in [1.82, 2.24) is 14.4 Å². The SMILES string of the molecule is Cc1ccc(S(=O)(=O)N2CCN(c3noc(-c4ccccc4)n3)CC2)cc1C. The lowest BCUT2D eigenvalue weighted by Crippen LogP contribution is -2.49. The van der Waals surface area contributed by atoms with Crippen molar-refractivity contribution in [2.45, 2.75) is 18.7 Å². The molecule has 1 saturated heterocycles. The van der Waals surface area contributed by atoms with Gasteiger partial charge in [-0.1, -0.05) is 24.3 Å². The lowest BCUT2D eigenvalue weighted by Gasteiger charge is -2.33. The van der Waals surface area contributed by atoms with E-state index in [1.165, 1.54) is 4.31 Å². The van der Waals surface area contributed by atoms with Crippen molar-refractivity contribution in [1.29, 1.82) is 0 Å². The highest BCUT2D eigenvalue weighted by molar-refractivity contribution is 7.89. The normalized spacial score (nSPS) is 15.7. The molecular formula is C20H22N4O3S. The van der Waals surface area contributed by atoms with Crippen molar-refractivity contribution in [3.8, 4) is 11.5 Å². The Balaban J connectivity index is 1.46. The van der Waals surface area contributed by atoms with E-state index in [1.807, 2.05) is 55.1 Å². The van der Waals surface area contributed by atoms with Crippen LogP contribution in [-0.2, 0) is 10.0 Å². The predicted octanol–water partition coefficient (Wildman–Crippen LogP) is 2.86. The first-order valence-electron chi connectivity index (χ1n) is 9.16. The minimum absolute atomic E-state index is 0.343. The smallest absolute Gasteiger partial charge is 0.266 e. The van der Waals surface area contributed by atoms with Crippen LogP contribution in [0.15, 0.2) is 57.9 Å². The van der Waals surface area contributed by atoms with E-state index in [2.05, 4.69) is 10.1 Å². The van der Waals surface area contributed by atoms with Crippen LogP contribution in [0.5, 0.6) is 0 Å². The first-order chi connectivity index (χ1) is 13.4. The van der Waals surface area contributed by atoms with Crippen molar-refractivity contribution < 1.29 is 12.9 Å². The Kier molecular flexibility index (Phi) is 4.91.